The summed E-state index contributed by atoms with van der Waals surface area (Å²) in [6.07, 6.45) is 2.06. The van der Waals surface area contributed by atoms with Crippen molar-refractivity contribution in [1.29, 1.82) is 0 Å². The Balaban J connectivity index is 1.50. The lowest BCUT2D eigenvalue weighted by atomic mass is 9.95. The summed E-state index contributed by atoms with van der Waals surface area (Å²) in [4.78, 5) is 39.4. The Labute approximate surface area is 147 Å². The minimum atomic E-state index is -0.782. The van der Waals surface area contributed by atoms with Crippen molar-refractivity contribution in [2.24, 2.45) is 11.8 Å². The maximum absolute atomic E-state index is 12.6. The summed E-state index contributed by atoms with van der Waals surface area (Å²) in [5.41, 5.74) is 1.18. The molecule has 134 valence electrons. The minimum absolute atomic E-state index is 0.000556. The Hall–Kier alpha value is -2.37. The number of aliphatic carboxylic acids is 1. The molecule has 3 rings (SSSR count). The van der Waals surface area contributed by atoms with Crippen LogP contribution in [0.2, 0.25) is 0 Å². The average molecular weight is 344 g/mol. The van der Waals surface area contributed by atoms with Gasteiger partial charge in [-0.1, -0.05) is 30.3 Å². The zero-order chi connectivity index (χ0) is 17.8. The van der Waals surface area contributed by atoms with E-state index in [1.807, 2.05) is 30.3 Å². The van der Waals surface area contributed by atoms with E-state index in [0.29, 0.717) is 39.0 Å². The predicted molar refractivity (Wildman–Crippen MR) is 91.8 cm³/mol. The van der Waals surface area contributed by atoms with Gasteiger partial charge in [0.2, 0.25) is 11.8 Å². The molecule has 25 heavy (non-hydrogen) atoms. The summed E-state index contributed by atoms with van der Waals surface area (Å²) in [5.74, 6) is -1.38. The van der Waals surface area contributed by atoms with E-state index in [2.05, 4.69) is 0 Å². The van der Waals surface area contributed by atoms with Crippen LogP contribution in [0.3, 0.4) is 0 Å². The molecule has 0 saturated carbocycles. The van der Waals surface area contributed by atoms with E-state index >= 15 is 0 Å². The van der Waals surface area contributed by atoms with Crippen molar-refractivity contribution in [2.75, 3.05) is 26.2 Å². The third kappa shape index (κ3) is 4.18. The molecular formula is C19H24N2O4. The van der Waals surface area contributed by atoms with Crippen molar-refractivity contribution in [1.82, 2.24) is 9.80 Å². The molecule has 2 amide bonds. The molecule has 6 heteroatoms. The molecule has 0 aromatic heterocycles. The van der Waals surface area contributed by atoms with Gasteiger partial charge in [-0.15, -0.1) is 0 Å². The highest BCUT2D eigenvalue weighted by Gasteiger charge is 2.37. The second-order valence-electron chi connectivity index (χ2n) is 6.91. The number of amides is 2. The van der Waals surface area contributed by atoms with Crippen LogP contribution in [0.5, 0.6) is 0 Å². The Kier molecular flexibility index (Phi) is 5.36. The molecule has 1 N–H and O–H groups in total. The number of benzene rings is 1. The molecule has 1 atom stereocenters. The van der Waals surface area contributed by atoms with Gasteiger partial charge in [0.15, 0.2) is 0 Å². The summed E-state index contributed by atoms with van der Waals surface area (Å²) in [5, 5.41) is 9.04. The van der Waals surface area contributed by atoms with Gasteiger partial charge in [0, 0.05) is 32.6 Å². The number of hydrogen-bond donors (Lipinski definition) is 1. The van der Waals surface area contributed by atoms with Crippen LogP contribution in [0.15, 0.2) is 30.3 Å². The van der Waals surface area contributed by atoms with Crippen LogP contribution in [0.4, 0.5) is 0 Å². The monoisotopic (exact) mass is 344 g/mol. The van der Waals surface area contributed by atoms with Gasteiger partial charge in [0.1, 0.15) is 0 Å². The van der Waals surface area contributed by atoms with Gasteiger partial charge >= 0.3 is 5.97 Å². The second kappa shape index (κ2) is 7.68. The Bertz CT molecular complexity index is 638. The fourth-order valence-corrected chi connectivity index (χ4v) is 3.67. The van der Waals surface area contributed by atoms with Crippen LogP contribution in [0, 0.1) is 11.8 Å². The standard InChI is InChI=1S/C19H24N2O4/c22-17-12-16(13-21(17)9-6-14-4-2-1-3-5-14)18(23)20-10-7-15(8-11-20)19(24)25/h1-5,15-16H,6-13H2,(H,24,25). The lowest BCUT2D eigenvalue weighted by Gasteiger charge is -2.31. The van der Waals surface area contributed by atoms with Crippen LogP contribution in [-0.2, 0) is 20.8 Å². The van der Waals surface area contributed by atoms with E-state index in [1.54, 1.807) is 9.80 Å². The first kappa shape index (κ1) is 17.5. The summed E-state index contributed by atoms with van der Waals surface area (Å²) in [7, 11) is 0. The fourth-order valence-electron chi connectivity index (χ4n) is 3.67. The SMILES string of the molecule is O=C(O)C1CCN(C(=O)C2CC(=O)N(CCc3ccccc3)C2)CC1. The number of carbonyl (C=O) groups is 3. The van der Waals surface area contributed by atoms with Crippen LogP contribution >= 0.6 is 0 Å². The minimum Gasteiger partial charge on any atom is -0.481 e. The third-order valence-electron chi connectivity index (χ3n) is 5.23. The molecule has 2 aliphatic rings. The van der Waals surface area contributed by atoms with Gasteiger partial charge in [-0.25, -0.2) is 0 Å². The van der Waals surface area contributed by atoms with Gasteiger partial charge in [-0.3, -0.25) is 14.4 Å². The van der Waals surface area contributed by atoms with Gasteiger partial charge in [-0.2, -0.15) is 0 Å². The Morgan fingerprint density at radius 3 is 2.40 bits per heavy atom. The topological polar surface area (TPSA) is 77.9 Å². The molecule has 1 aromatic rings. The molecule has 1 unspecified atom stereocenters. The molecule has 1 aromatic carbocycles. The van der Waals surface area contributed by atoms with Gasteiger partial charge < -0.3 is 14.9 Å². The van der Waals surface area contributed by atoms with Gasteiger partial charge in [-0.05, 0) is 24.8 Å². The van der Waals surface area contributed by atoms with Crippen LogP contribution in [-0.4, -0.2) is 58.9 Å². The largest absolute Gasteiger partial charge is 0.481 e. The highest BCUT2D eigenvalue weighted by Crippen LogP contribution is 2.24. The summed E-state index contributed by atoms with van der Waals surface area (Å²) < 4.78 is 0. The maximum atomic E-state index is 12.6. The Morgan fingerprint density at radius 2 is 1.76 bits per heavy atom. The molecule has 0 bridgehead atoms. The lowest BCUT2D eigenvalue weighted by molar-refractivity contribution is -0.146. The highest BCUT2D eigenvalue weighted by atomic mass is 16.4. The smallest absolute Gasteiger partial charge is 0.306 e. The number of nitrogens with zero attached hydrogens (tertiary/aromatic N) is 2. The number of carboxylic acid groups (broad SMARTS) is 1. The van der Waals surface area contributed by atoms with E-state index in [1.165, 1.54) is 5.56 Å². The molecule has 2 aliphatic heterocycles. The van der Waals surface area contributed by atoms with E-state index in [-0.39, 0.29) is 30.1 Å². The third-order valence-corrected chi connectivity index (χ3v) is 5.23. The van der Waals surface area contributed by atoms with E-state index in [9.17, 15) is 14.4 Å². The fraction of sp³-hybridized carbons (Fsp3) is 0.526. The van der Waals surface area contributed by atoms with Crippen molar-refractivity contribution < 1.29 is 19.5 Å². The zero-order valence-electron chi connectivity index (χ0n) is 14.3. The molecule has 2 heterocycles. The van der Waals surface area contributed by atoms with Crippen molar-refractivity contribution >= 4 is 17.8 Å². The molecule has 0 spiro atoms. The number of hydrogen-bond acceptors (Lipinski definition) is 3. The molecule has 2 saturated heterocycles. The Morgan fingerprint density at radius 1 is 1.08 bits per heavy atom. The van der Waals surface area contributed by atoms with Crippen molar-refractivity contribution in [3.8, 4) is 0 Å². The quantitative estimate of drug-likeness (QED) is 0.876. The number of piperidine rings is 1. The highest BCUT2D eigenvalue weighted by molar-refractivity contribution is 5.89. The second-order valence-corrected chi connectivity index (χ2v) is 6.91. The maximum Gasteiger partial charge on any atom is 0.306 e. The first-order valence-electron chi connectivity index (χ1n) is 8.88. The van der Waals surface area contributed by atoms with Crippen molar-refractivity contribution in [2.45, 2.75) is 25.7 Å². The molecule has 0 radical (unpaired) electrons. The number of rotatable bonds is 5. The average Bonchev–Trinajstić information content (AvgIpc) is 3.01. The summed E-state index contributed by atoms with van der Waals surface area (Å²) in [6.45, 7) is 2.06. The van der Waals surface area contributed by atoms with Gasteiger partial charge in [0.05, 0.1) is 11.8 Å². The zero-order valence-corrected chi connectivity index (χ0v) is 14.3. The lowest BCUT2D eigenvalue weighted by Crippen LogP contribution is -2.43. The number of carbonyl (C=O) groups excluding carboxylic acids is 2. The van der Waals surface area contributed by atoms with Crippen LogP contribution in [0.1, 0.15) is 24.8 Å². The number of likely N-dealkylation sites (tertiary alicyclic amines) is 2. The molecular weight excluding hydrogens is 320 g/mol. The number of carboxylic acids is 1. The van der Waals surface area contributed by atoms with Crippen LogP contribution in [0.25, 0.3) is 0 Å². The van der Waals surface area contributed by atoms with Crippen LogP contribution < -0.4 is 0 Å². The van der Waals surface area contributed by atoms with Crippen molar-refractivity contribution in [3.63, 3.8) is 0 Å². The predicted octanol–water partition coefficient (Wildman–Crippen LogP) is 1.40. The first-order chi connectivity index (χ1) is 12.0. The first-order valence-corrected chi connectivity index (χ1v) is 8.88. The van der Waals surface area contributed by atoms with Gasteiger partial charge in [0.25, 0.3) is 0 Å². The van der Waals surface area contributed by atoms with E-state index in [0.717, 1.165) is 6.42 Å². The summed E-state index contributed by atoms with van der Waals surface area (Å²) >= 11 is 0. The molecule has 2 fully saturated rings. The normalized spacial score (nSPS) is 21.6. The molecule has 6 nitrogen and oxygen atoms in total. The van der Waals surface area contributed by atoms with Crippen molar-refractivity contribution in [3.05, 3.63) is 35.9 Å². The van der Waals surface area contributed by atoms with E-state index in [4.69, 9.17) is 5.11 Å². The molecule has 0 aliphatic carbocycles. The summed E-state index contributed by atoms with van der Waals surface area (Å²) in [6, 6.07) is 10.0. The van der Waals surface area contributed by atoms with E-state index < -0.39 is 5.97 Å².